The number of hydrogen-bond acceptors (Lipinski definition) is 4. The number of amides is 1. The molecule has 1 aliphatic heterocycles. The fraction of sp³-hybridized carbons (Fsp3) is 0.296. The minimum absolute atomic E-state index is 0.0204. The second kappa shape index (κ2) is 10.5. The molecular formula is C27H30FN3O2. The van der Waals surface area contributed by atoms with E-state index in [0.717, 1.165) is 30.8 Å². The molecule has 0 saturated carbocycles. The molecular weight excluding hydrogens is 417 g/mol. The Morgan fingerprint density at radius 1 is 1.03 bits per heavy atom. The van der Waals surface area contributed by atoms with Gasteiger partial charge in [-0.3, -0.25) is 9.69 Å². The summed E-state index contributed by atoms with van der Waals surface area (Å²) in [5, 5.41) is 2.99. The lowest BCUT2D eigenvalue weighted by Crippen LogP contribution is -2.41. The lowest BCUT2D eigenvalue weighted by Gasteiger charge is -2.36. The summed E-state index contributed by atoms with van der Waals surface area (Å²) in [7, 11) is 4.04. The number of benzene rings is 3. The molecule has 3 aromatic carbocycles. The van der Waals surface area contributed by atoms with Crippen LogP contribution in [0.5, 0.6) is 5.75 Å². The predicted molar refractivity (Wildman–Crippen MR) is 129 cm³/mol. The number of nitrogens with one attached hydrogen (secondary N) is 1. The fourth-order valence-corrected chi connectivity index (χ4v) is 4.20. The number of para-hydroxylation sites is 1. The molecule has 4 rings (SSSR count). The molecule has 0 spiro atoms. The molecule has 0 saturated heterocycles. The van der Waals surface area contributed by atoms with Crippen LogP contribution in [0.4, 0.5) is 10.1 Å². The average Bonchev–Trinajstić information content (AvgIpc) is 2.84. The van der Waals surface area contributed by atoms with Crippen molar-refractivity contribution in [1.29, 1.82) is 0 Å². The third kappa shape index (κ3) is 5.71. The first kappa shape index (κ1) is 22.8. The molecule has 6 heteroatoms. The normalized spacial score (nSPS) is 14.3. The van der Waals surface area contributed by atoms with Gasteiger partial charge in [-0.15, -0.1) is 0 Å². The SMILES string of the molecule is CN(C)c1ccc([C@@H](CNC(=O)COc2ccccc2F)N2CCc3ccccc3C2)cc1. The Bertz CT molecular complexity index is 1080. The highest BCUT2D eigenvalue weighted by Crippen LogP contribution is 2.28. The minimum atomic E-state index is -0.476. The van der Waals surface area contributed by atoms with Crippen molar-refractivity contribution in [1.82, 2.24) is 10.2 Å². The van der Waals surface area contributed by atoms with Gasteiger partial charge < -0.3 is 15.0 Å². The Morgan fingerprint density at radius 3 is 2.45 bits per heavy atom. The molecule has 0 aromatic heterocycles. The first-order chi connectivity index (χ1) is 16.0. The van der Waals surface area contributed by atoms with Crippen LogP contribution in [0, 0.1) is 5.82 Å². The Morgan fingerprint density at radius 2 is 1.73 bits per heavy atom. The van der Waals surface area contributed by atoms with Crippen molar-refractivity contribution in [2.75, 3.05) is 38.7 Å². The number of fused-ring (bicyclic) bond motifs is 1. The first-order valence-electron chi connectivity index (χ1n) is 11.2. The summed E-state index contributed by atoms with van der Waals surface area (Å²) in [4.78, 5) is 17.0. The van der Waals surface area contributed by atoms with E-state index in [1.165, 1.54) is 23.3 Å². The van der Waals surface area contributed by atoms with E-state index < -0.39 is 5.82 Å². The van der Waals surface area contributed by atoms with E-state index >= 15 is 0 Å². The minimum Gasteiger partial charge on any atom is -0.481 e. The van der Waals surface area contributed by atoms with Gasteiger partial charge in [-0.25, -0.2) is 4.39 Å². The van der Waals surface area contributed by atoms with E-state index in [0.29, 0.717) is 6.54 Å². The molecule has 1 atom stereocenters. The molecule has 0 unspecified atom stereocenters. The zero-order chi connectivity index (χ0) is 23.2. The van der Waals surface area contributed by atoms with Crippen LogP contribution in [0.1, 0.15) is 22.7 Å². The molecule has 1 amide bonds. The van der Waals surface area contributed by atoms with Gasteiger partial charge in [-0.2, -0.15) is 0 Å². The van der Waals surface area contributed by atoms with Crippen molar-refractivity contribution in [2.45, 2.75) is 19.0 Å². The monoisotopic (exact) mass is 447 g/mol. The first-order valence-corrected chi connectivity index (χ1v) is 11.2. The van der Waals surface area contributed by atoms with Crippen LogP contribution in [-0.2, 0) is 17.8 Å². The average molecular weight is 448 g/mol. The van der Waals surface area contributed by atoms with Gasteiger partial charge in [0.25, 0.3) is 5.91 Å². The van der Waals surface area contributed by atoms with Gasteiger partial charge in [0, 0.05) is 39.4 Å². The summed E-state index contributed by atoms with van der Waals surface area (Å²) in [5.74, 6) is -0.669. The van der Waals surface area contributed by atoms with Crippen molar-refractivity contribution >= 4 is 11.6 Å². The number of carbonyl (C=O) groups excluding carboxylic acids is 1. The molecule has 3 aromatic rings. The molecule has 0 radical (unpaired) electrons. The number of halogens is 1. The maximum atomic E-state index is 13.8. The van der Waals surface area contributed by atoms with E-state index in [2.05, 4.69) is 63.6 Å². The topological polar surface area (TPSA) is 44.8 Å². The molecule has 0 aliphatic carbocycles. The van der Waals surface area contributed by atoms with Crippen molar-refractivity contribution in [3.05, 3.63) is 95.3 Å². The van der Waals surface area contributed by atoms with Crippen molar-refractivity contribution in [3.8, 4) is 5.75 Å². The van der Waals surface area contributed by atoms with Gasteiger partial charge >= 0.3 is 0 Å². The maximum absolute atomic E-state index is 13.8. The molecule has 0 bridgehead atoms. The van der Waals surface area contributed by atoms with Crippen LogP contribution in [0.15, 0.2) is 72.8 Å². The van der Waals surface area contributed by atoms with E-state index in [1.54, 1.807) is 12.1 Å². The van der Waals surface area contributed by atoms with Gasteiger partial charge in [-0.1, -0.05) is 48.5 Å². The van der Waals surface area contributed by atoms with E-state index in [1.807, 2.05) is 14.1 Å². The number of carbonyl (C=O) groups is 1. The predicted octanol–water partition coefficient (Wildman–Crippen LogP) is 4.19. The summed E-state index contributed by atoms with van der Waals surface area (Å²) in [6.07, 6.45) is 0.979. The largest absolute Gasteiger partial charge is 0.481 e. The van der Waals surface area contributed by atoms with Crippen LogP contribution >= 0.6 is 0 Å². The second-order valence-corrected chi connectivity index (χ2v) is 8.51. The quantitative estimate of drug-likeness (QED) is 0.563. The number of ether oxygens (including phenoxy) is 1. The highest BCUT2D eigenvalue weighted by atomic mass is 19.1. The smallest absolute Gasteiger partial charge is 0.258 e. The zero-order valence-electron chi connectivity index (χ0n) is 19.1. The fourth-order valence-electron chi connectivity index (χ4n) is 4.20. The summed E-state index contributed by atoms with van der Waals surface area (Å²) < 4.78 is 19.1. The standard InChI is InChI=1S/C27H30FN3O2/c1-30(2)23-13-11-21(12-14-23)25(31-16-15-20-7-3-4-8-22(20)18-31)17-29-27(32)19-33-26-10-6-5-9-24(26)28/h3-14,25H,15-19H2,1-2H3,(H,29,32)/t25-/m1/s1. The van der Waals surface area contributed by atoms with Crippen LogP contribution in [0.25, 0.3) is 0 Å². The third-order valence-electron chi connectivity index (χ3n) is 6.08. The van der Waals surface area contributed by atoms with Gasteiger partial charge in [-0.05, 0) is 47.4 Å². The lowest BCUT2D eigenvalue weighted by molar-refractivity contribution is -0.123. The summed E-state index contributed by atoms with van der Waals surface area (Å²) >= 11 is 0. The van der Waals surface area contributed by atoms with Crippen LogP contribution < -0.4 is 15.0 Å². The summed E-state index contributed by atoms with van der Waals surface area (Å²) in [5.41, 5.74) is 4.99. The molecule has 0 fully saturated rings. The van der Waals surface area contributed by atoms with Crippen LogP contribution in [-0.4, -0.2) is 44.6 Å². The lowest BCUT2D eigenvalue weighted by atomic mass is 9.96. The van der Waals surface area contributed by atoms with Gasteiger partial charge in [0.2, 0.25) is 0 Å². The molecule has 1 aliphatic rings. The highest BCUT2D eigenvalue weighted by Gasteiger charge is 2.25. The highest BCUT2D eigenvalue weighted by molar-refractivity contribution is 5.77. The number of hydrogen-bond donors (Lipinski definition) is 1. The second-order valence-electron chi connectivity index (χ2n) is 8.51. The van der Waals surface area contributed by atoms with E-state index in [4.69, 9.17) is 4.74 Å². The molecule has 1 heterocycles. The zero-order valence-corrected chi connectivity index (χ0v) is 19.1. The molecule has 33 heavy (non-hydrogen) atoms. The van der Waals surface area contributed by atoms with Crippen molar-refractivity contribution in [2.24, 2.45) is 0 Å². The molecule has 5 nitrogen and oxygen atoms in total. The Labute approximate surface area is 194 Å². The van der Waals surface area contributed by atoms with Crippen molar-refractivity contribution in [3.63, 3.8) is 0 Å². The maximum Gasteiger partial charge on any atom is 0.258 e. The Hall–Kier alpha value is -3.38. The van der Waals surface area contributed by atoms with E-state index in [-0.39, 0.29) is 24.3 Å². The van der Waals surface area contributed by atoms with Gasteiger partial charge in [0.15, 0.2) is 18.2 Å². The summed E-state index contributed by atoms with van der Waals surface area (Å²) in [6.45, 7) is 1.97. The number of nitrogens with zero attached hydrogens (tertiary/aromatic N) is 2. The number of anilines is 1. The Balaban J connectivity index is 1.46. The van der Waals surface area contributed by atoms with Crippen LogP contribution in [0.2, 0.25) is 0 Å². The molecule has 172 valence electrons. The summed E-state index contributed by atoms with van der Waals surface area (Å²) in [6, 6.07) is 23.1. The van der Waals surface area contributed by atoms with Gasteiger partial charge in [0.1, 0.15) is 0 Å². The third-order valence-corrected chi connectivity index (χ3v) is 6.08. The van der Waals surface area contributed by atoms with Gasteiger partial charge in [0.05, 0.1) is 6.04 Å². The van der Waals surface area contributed by atoms with Crippen molar-refractivity contribution < 1.29 is 13.9 Å². The Kier molecular flexibility index (Phi) is 7.25. The van der Waals surface area contributed by atoms with E-state index in [9.17, 15) is 9.18 Å². The van der Waals surface area contributed by atoms with Crippen LogP contribution in [0.3, 0.4) is 0 Å². The number of rotatable bonds is 8. The molecule has 1 N–H and O–H groups in total.